The summed E-state index contributed by atoms with van der Waals surface area (Å²) in [5, 5.41) is 0. The van der Waals surface area contributed by atoms with Crippen LogP contribution in [0.15, 0.2) is 29.8 Å². The van der Waals surface area contributed by atoms with E-state index in [9.17, 15) is 4.79 Å². The summed E-state index contributed by atoms with van der Waals surface area (Å²) in [5.41, 5.74) is 5.03. The lowest BCUT2D eigenvalue weighted by molar-refractivity contribution is -0.132. The van der Waals surface area contributed by atoms with Gasteiger partial charge in [-0.3, -0.25) is 4.79 Å². The normalized spacial score (nSPS) is 17.7. The number of fused-ring (bicyclic) bond motifs is 1. The minimum atomic E-state index is 0.270. The van der Waals surface area contributed by atoms with Gasteiger partial charge in [-0.2, -0.15) is 0 Å². The number of amides is 1. The first kappa shape index (κ1) is 17.2. The van der Waals surface area contributed by atoms with E-state index >= 15 is 0 Å². The van der Waals surface area contributed by atoms with E-state index in [1.807, 2.05) is 35.5 Å². The van der Waals surface area contributed by atoms with Crippen molar-refractivity contribution in [3.63, 3.8) is 0 Å². The number of thiazole rings is 1. The maximum atomic E-state index is 12.6. The van der Waals surface area contributed by atoms with Crippen LogP contribution in [-0.2, 0) is 17.6 Å². The quantitative estimate of drug-likeness (QED) is 0.746. The van der Waals surface area contributed by atoms with Crippen LogP contribution >= 0.6 is 11.3 Å². The zero-order valence-electron chi connectivity index (χ0n) is 15.1. The van der Waals surface area contributed by atoms with Gasteiger partial charge in [-0.15, -0.1) is 11.3 Å². The Kier molecular flexibility index (Phi) is 5.02. The van der Waals surface area contributed by atoms with Gasteiger partial charge in [0.2, 0.25) is 5.91 Å². The molecule has 0 aliphatic carbocycles. The number of hydrogen-bond donors (Lipinski definition) is 1. The molecule has 0 bridgehead atoms. The molecule has 1 aliphatic heterocycles. The molecule has 1 fully saturated rings. The Balaban J connectivity index is 1.34. The number of benzene rings is 1. The van der Waals surface area contributed by atoms with Gasteiger partial charge >= 0.3 is 0 Å². The molecule has 1 aliphatic rings. The average Bonchev–Trinajstić information content (AvgIpc) is 3.25. The number of hydrogen-bond acceptors (Lipinski definition) is 4. The van der Waals surface area contributed by atoms with E-state index in [1.54, 1.807) is 11.3 Å². The molecule has 1 atom stereocenters. The smallest absolute Gasteiger partial charge is 0.222 e. The number of carbonyl (C=O) groups is 1. The zero-order chi connectivity index (χ0) is 17.9. The molecule has 3 heterocycles. The number of imidazole rings is 1. The van der Waals surface area contributed by atoms with E-state index < -0.39 is 0 Å². The predicted molar refractivity (Wildman–Crippen MR) is 104 cm³/mol. The Bertz CT molecular complexity index is 867. The first-order valence-corrected chi connectivity index (χ1v) is 10.2. The van der Waals surface area contributed by atoms with Crippen molar-refractivity contribution in [2.24, 2.45) is 5.92 Å². The number of H-pyrrole nitrogens is 1. The fourth-order valence-corrected chi connectivity index (χ4v) is 4.56. The number of aromatic nitrogens is 3. The number of nitrogens with one attached hydrogen (secondary N) is 1. The molecule has 1 N–H and O–H groups in total. The van der Waals surface area contributed by atoms with Crippen LogP contribution in [0.5, 0.6) is 0 Å². The number of aryl methyl sites for hydroxylation is 2. The molecule has 0 saturated carbocycles. The first-order valence-electron chi connectivity index (χ1n) is 9.29. The van der Waals surface area contributed by atoms with Crippen LogP contribution in [0.4, 0.5) is 0 Å². The van der Waals surface area contributed by atoms with E-state index in [2.05, 4.69) is 16.0 Å². The minimum Gasteiger partial charge on any atom is -0.342 e. The Hall–Kier alpha value is -2.21. The molecule has 6 heteroatoms. The summed E-state index contributed by atoms with van der Waals surface area (Å²) in [7, 11) is 0. The Morgan fingerprint density at radius 2 is 2.27 bits per heavy atom. The van der Waals surface area contributed by atoms with Crippen molar-refractivity contribution in [2.45, 2.75) is 39.0 Å². The summed E-state index contributed by atoms with van der Waals surface area (Å²) >= 11 is 1.65. The van der Waals surface area contributed by atoms with E-state index in [4.69, 9.17) is 4.98 Å². The van der Waals surface area contributed by atoms with E-state index in [0.717, 1.165) is 61.3 Å². The molecule has 2 aromatic heterocycles. The molecular weight excluding hydrogens is 344 g/mol. The van der Waals surface area contributed by atoms with Crippen LogP contribution in [-0.4, -0.2) is 38.8 Å². The molecular formula is C20H24N4OS. The highest BCUT2D eigenvalue weighted by molar-refractivity contribution is 7.09. The van der Waals surface area contributed by atoms with Gasteiger partial charge in [0, 0.05) is 30.8 Å². The fraction of sp³-hybridized carbons (Fsp3) is 0.450. The summed E-state index contributed by atoms with van der Waals surface area (Å²) in [6, 6.07) is 8.13. The Morgan fingerprint density at radius 1 is 1.38 bits per heavy atom. The molecule has 1 unspecified atom stereocenters. The van der Waals surface area contributed by atoms with E-state index in [1.165, 1.54) is 4.88 Å². The van der Waals surface area contributed by atoms with Gasteiger partial charge in [-0.1, -0.05) is 12.1 Å². The van der Waals surface area contributed by atoms with Gasteiger partial charge in [0.25, 0.3) is 0 Å². The highest BCUT2D eigenvalue weighted by Crippen LogP contribution is 2.23. The predicted octanol–water partition coefficient (Wildman–Crippen LogP) is 3.74. The van der Waals surface area contributed by atoms with Crippen LogP contribution < -0.4 is 0 Å². The van der Waals surface area contributed by atoms with Crippen molar-refractivity contribution in [1.82, 2.24) is 19.9 Å². The van der Waals surface area contributed by atoms with Gasteiger partial charge in [-0.05, 0) is 44.2 Å². The number of likely N-dealkylation sites (tertiary alicyclic amines) is 1. The maximum Gasteiger partial charge on any atom is 0.222 e. The number of piperidine rings is 1. The lowest BCUT2D eigenvalue weighted by atomic mass is 9.94. The summed E-state index contributed by atoms with van der Waals surface area (Å²) in [6.45, 7) is 3.75. The van der Waals surface area contributed by atoms with Crippen molar-refractivity contribution < 1.29 is 4.79 Å². The van der Waals surface area contributed by atoms with Crippen LogP contribution in [0.3, 0.4) is 0 Å². The summed E-state index contributed by atoms with van der Waals surface area (Å²) in [6.07, 6.45) is 4.54. The third-order valence-electron chi connectivity index (χ3n) is 5.20. The van der Waals surface area contributed by atoms with E-state index in [-0.39, 0.29) is 5.91 Å². The van der Waals surface area contributed by atoms with Crippen molar-refractivity contribution in [3.05, 3.63) is 46.2 Å². The fourth-order valence-electron chi connectivity index (χ4n) is 3.78. The summed E-state index contributed by atoms with van der Waals surface area (Å²) < 4.78 is 0. The highest BCUT2D eigenvalue weighted by atomic mass is 32.1. The number of carbonyl (C=O) groups excluding carboxylic acids is 1. The average molecular weight is 369 g/mol. The second-order valence-electron chi connectivity index (χ2n) is 7.11. The van der Waals surface area contributed by atoms with Crippen molar-refractivity contribution in [1.29, 1.82) is 0 Å². The number of rotatable bonds is 5. The SMILES string of the molecule is Cc1ncsc1CCC(=O)N1CCCC(Cc2nc3ccccc3[nH]2)C1. The van der Waals surface area contributed by atoms with Gasteiger partial charge < -0.3 is 9.88 Å². The molecule has 3 aromatic rings. The largest absolute Gasteiger partial charge is 0.342 e. The van der Waals surface area contributed by atoms with Crippen molar-refractivity contribution >= 4 is 28.3 Å². The number of para-hydroxylation sites is 2. The van der Waals surface area contributed by atoms with Gasteiger partial charge in [0.1, 0.15) is 5.82 Å². The van der Waals surface area contributed by atoms with Crippen molar-refractivity contribution in [2.75, 3.05) is 13.1 Å². The van der Waals surface area contributed by atoms with E-state index in [0.29, 0.717) is 12.3 Å². The summed E-state index contributed by atoms with van der Waals surface area (Å²) in [4.78, 5) is 28.3. The highest BCUT2D eigenvalue weighted by Gasteiger charge is 2.24. The molecule has 1 saturated heterocycles. The topological polar surface area (TPSA) is 61.9 Å². The lowest BCUT2D eigenvalue weighted by Gasteiger charge is -2.32. The molecule has 4 rings (SSSR count). The molecule has 0 spiro atoms. The Morgan fingerprint density at radius 3 is 3.08 bits per heavy atom. The second-order valence-corrected chi connectivity index (χ2v) is 8.05. The van der Waals surface area contributed by atoms with Crippen LogP contribution in [0.1, 0.15) is 35.7 Å². The third kappa shape index (κ3) is 3.80. The minimum absolute atomic E-state index is 0.270. The maximum absolute atomic E-state index is 12.6. The van der Waals surface area contributed by atoms with Gasteiger partial charge in [-0.25, -0.2) is 9.97 Å². The van der Waals surface area contributed by atoms with Crippen molar-refractivity contribution in [3.8, 4) is 0 Å². The Labute approximate surface area is 157 Å². The van der Waals surface area contributed by atoms with Gasteiger partial charge in [0.15, 0.2) is 0 Å². The van der Waals surface area contributed by atoms with Crippen LogP contribution in [0.2, 0.25) is 0 Å². The van der Waals surface area contributed by atoms with Gasteiger partial charge in [0.05, 0.1) is 22.2 Å². The zero-order valence-corrected chi connectivity index (χ0v) is 15.9. The molecule has 1 aromatic carbocycles. The number of nitrogens with zero attached hydrogens (tertiary/aromatic N) is 3. The van der Waals surface area contributed by atoms with Crippen LogP contribution in [0, 0.1) is 12.8 Å². The second kappa shape index (κ2) is 7.58. The van der Waals surface area contributed by atoms with Crippen LogP contribution in [0.25, 0.3) is 11.0 Å². The standard InChI is InChI=1S/C20H24N4OS/c1-14-18(26-13-21-14)8-9-20(25)24-10-4-5-15(12-24)11-19-22-16-6-2-3-7-17(16)23-19/h2-3,6-7,13,15H,4-5,8-12H2,1H3,(H,22,23). The number of aromatic amines is 1. The molecule has 0 radical (unpaired) electrons. The molecule has 26 heavy (non-hydrogen) atoms. The molecule has 136 valence electrons. The molecule has 1 amide bonds. The lowest BCUT2D eigenvalue weighted by Crippen LogP contribution is -2.40. The third-order valence-corrected chi connectivity index (χ3v) is 6.20. The molecule has 5 nitrogen and oxygen atoms in total. The summed E-state index contributed by atoms with van der Waals surface area (Å²) in [5.74, 6) is 1.79. The first-order chi connectivity index (χ1) is 12.7. The monoisotopic (exact) mass is 368 g/mol.